The second-order valence-electron chi connectivity index (χ2n) is 4.95. The summed E-state index contributed by atoms with van der Waals surface area (Å²) >= 11 is 5.57. The number of aliphatic hydroxyl groups is 1. The molecule has 1 amide bonds. The third kappa shape index (κ3) is 3.13. The first-order chi connectivity index (χ1) is 9.64. The molecule has 3 nitrogen and oxygen atoms in total. The number of alkyl halides is 3. The zero-order chi connectivity index (χ0) is 15.8. The third-order valence-corrected chi connectivity index (χ3v) is 3.86. The predicted octanol–water partition coefficient (Wildman–Crippen LogP) is 3.01. The Labute approximate surface area is 123 Å². The summed E-state index contributed by atoms with van der Waals surface area (Å²) in [7, 11) is 0. The van der Waals surface area contributed by atoms with Crippen LogP contribution in [-0.2, 0) is 0 Å². The quantitative estimate of drug-likeness (QED) is 0.806. The van der Waals surface area contributed by atoms with E-state index in [1.165, 1.54) is 11.0 Å². The Morgan fingerprint density at radius 2 is 1.86 bits per heavy atom. The fourth-order valence-corrected chi connectivity index (χ4v) is 2.36. The van der Waals surface area contributed by atoms with Crippen molar-refractivity contribution < 1.29 is 27.5 Å². The van der Waals surface area contributed by atoms with Crippen LogP contribution in [0.15, 0.2) is 18.2 Å². The molecule has 0 atom stereocenters. The summed E-state index contributed by atoms with van der Waals surface area (Å²) in [5, 5.41) is 9.29. The molecule has 1 saturated heterocycles. The fraction of sp³-hybridized carbons (Fsp3) is 0.462. The molecule has 1 aromatic carbocycles. The molecule has 1 fully saturated rings. The largest absolute Gasteiger partial charge is 0.417 e. The Morgan fingerprint density at radius 3 is 2.33 bits per heavy atom. The maximum atomic E-state index is 13.0. The fourth-order valence-electron chi connectivity index (χ4n) is 2.17. The van der Waals surface area contributed by atoms with E-state index in [-0.39, 0.29) is 23.7 Å². The monoisotopic (exact) mass is 325 g/mol. The lowest BCUT2D eigenvalue weighted by atomic mass is 9.90. The van der Waals surface area contributed by atoms with E-state index in [1.807, 2.05) is 0 Å². The number of rotatable bonds is 1. The lowest BCUT2D eigenvalue weighted by Gasteiger charge is -2.39. The SMILES string of the molecule is O=C(c1ccc(F)c(Cl)c1)N1CCC(O)(C(F)(F)F)CC1. The molecule has 0 radical (unpaired) electrons. The van der Waals surface area contributed by atoms with Gasteiger partial charge in [0, 0.05) is 31.5 Å². The number of likely N-dealkylation sites (tertiary alicyclic amines) is 1. The van der Waals surface area contributed by atoms with Crippen LogP contribution in [0.1, 0.15) is 23.2 Å². The van der Waals surface area contributed by atoms with E-state index < -0.39 is 36.3 Å². The molecule has 8 heteroatoms. The normalized spacial score (nSPS) is 18.7. The first kappa shape index (κ1) is 16.0. The van der Waals surface area contributed by atoms with Gasteiger partial charge in [-0.1, -0.05) is 11.6 Å². The van der Waals surface area contributed by atoms with Gasteiger partial charge in [0.25, 0.3) is 5.91 Å². The average molecular weight is 326 g/mol. The minimum atomic E-state index is -4.72. The molecule has 116 valence electrons. The van der Waals surface area contributed by atoms with Crippen molar-refractivity contribution in [1.29, 1.82) is 0 Å². The van der Waals surface area contributed by atoms with Gasteiger partial charge >= 0.3 is 6.18 Å². The van der Waals surface area contributed by atoms with Crippen molar-refractivity contribution in [1.82, 2.24) is 4.90 Å². The van der Waals surface area contributed by atoms with E-state index in [9.17, 15) is 27.5 Å². The summed E-state index contributed by atoms with van der Waals surface area (Å²) < 4.78 is 51.0. The van der Waals surface area contributed by atoms with Crippen molar-refractivity contribution in [3.8, 4) is 0 Å². The van der Waals surface area contributed by atoms with Crippen LogP contribution < -0.4 is 0 Å². The number of amides is 1. The Hall–Kier alpha value is -1.34. The summed E-state index contributed by atoms with van der Waals surface area (Å²) in [6, 6.07) is 3.36. The molecular formula is C13H12ClF4NO2. The van der Waals surface area contributed by atoms with Crippen LogP contribution in [0.2, 0.25) is 5.02 Å². The van der Waals surface area contributed by atoms with Crippen LogP contribution in [0.5, 0.6) is 0 Å². The highest BCUT2D eigenvalue weighted by molar-refractivity contribution is 6.31. The van der Waals surface area contributed by atoms with Crippen molar-refractivity contribution in [3.05, 3.63) is 34.6 Å². The molecule has 0 aliphatic carbocycles. The van der Waals surface area contributed by atoms with Gasteiger partial charge in [0.1, 0.15) is 5.82 Å². The van der Waals surface area contributed by atoms with Gasteiger partial charge in [-0.3, -0.25) is 4.79 Å². The molecule has 1 aliphatic rings. The summed E-state index contributed by atoms with van der Waals surface area (Å²) in [6.45, 7) is -0.465. The zero-order valence-electron chi connectivity index (χ0n) is 10.8. The Bertz CT molecular complexity index is 554. The molecule has 0 aromatic heterocycles. The molecular weight excluding hydrogens is 314 g/mol. The first-order valence-electron chi connectivity index (χ1n) is 6.17. The summed E-state index contributed by atoms with van der Waals surface area (Å²) in [4.78, 5) is 13.3. The highest BCUT2D eigenvalue weighted by atomic mass is 35.5. The number of halogens is 5. The van der Waals surface area contributed by atoms with Gasteiger partial charge in [-0.25, -0.2) is 4.39 Å². The van der Waals surface area contributed by atoms with Crippen molar-refractivity contribution in [2.45, 2.75) is 24.6 Å². The van der Waals surface area contributed by atoms with E-state index in [2.05, 4.69) is 0 Å². The number of carbonyl (C=O) groups excluding carboxylic acids is 1. The number of hydrogen-bond acceptors (Lipinski definition) is 2. The molecule has 21 heavy (non-hydrogen) atoms. The lowest BCUT2D eigenvalue weighted by Crippen LogP contribution is -2.54. The summed E-state index contributed by atoms with van der Waals surface area (Å²) in [5.74, 6) is -1.22. The zero-order valence-corrected chi connectivity index (χ0v) is 11.5. The third-order valence-electron chi connectivity index (χ3n) is 3.57. The topological polar surface area (TPSA) is 40.5 Å². The second-order valence-corrected chi connectivity index (χ2v) is 5.36. The Balaban J connectivity index is 2.08. The predicted molar refractivity (Wildman–Crippen MR) is 67.6 cm³/mol. The maximum absolute atomic E-state index is 13.0. The molecule has 1 aromatic rings. The van der Waals surface area contributed by atoms with Gasteiger partial charge < -0.3 is 10.0 Å². The van der Waals surface area contributed by atoms with Gasteiger partial charge in [-0.15, -0.1) is 0 Å². The lowest BCUT2D eigenvalue weighted by molar-refractivity contribution is -0.271. The molecule has 1 heterocycles. The van der Waals surface area contributed by atoms with Crippen molar-refractivity contribution in [3.63, 3.8) is 0 Å². The Morgan fingerprint density at radius 1 is 1.29 bits per heavy atom. The minimum Gasteiger partial charge on any atom is -0.380 e. The summed E-state index contributed by atoms with van der Waals surface area (Å²) in [6.07, 6.45) is -5.89. The Kier molecular flexibility index (Phi) is 4.17. The van der Waals surface area contributed by atoms with Gasteiger partial charge in [0.15, 0.2) is 5.60 Å². The molecule has 2 rings (SSSR count). The van der Waals surface area contributed by atoms with Gasteiger partial charge in [0.05, 0.1) is 5.02 Å². The minimum absolute atomic E-state index is 0.0962. The summed E-state index contributed by atoms with van der Waals surface area (Å²) in [5.41, 5.74) is -2.66. The van der Waals surface area contributed by atoms with Crippen LogP contribution in [0.4, 0.5) is 17.6 Å². The van der Waals surface area contributed by atoms with Crippen LogP contribution in [0.3, 0.4) is 0 Å². The molecule has 0 spiro atoms. The number of benzene rings is 1. The number of piperidine rings is 1. The van der Waals surface area contributed by atoms with E-state index in [4.69, 9.17) is 11.6 Å². The molecule has 0 bridgehead atoms. The van der Waals surface area contributed by atoms with Crippen LogP contribution in [0, 0.1) is 5.82 Å². The molecule has 1 N–H and O–H groups in total. The van der Waals surface area contributed by atoms with Crippen LogP contribution in [0.25, 0.3) is 0 Å². The highest BCUT2D eigenvalue weighted by Crippen LogP contribution is 2.38. The maximum Gasteiger partial charge on any atom is 0.417 e. The smallest absolute Gasteiger partial charge is 0.380 e. The number of carbonyl (C=O) groups is 1. The highest BCUT2D eigenvalue weighted by Gasteiger charge is 2.54. The van der Waals surface area contributed by atoms with E-state index in [1.54, 1.807) is 0 Å². The molecule has 0 saturated carbocycles. The van der Waals surface area contributed by atoms with Gasteiger partial charge in [-0.2, -0.15) is 13.2 Å². The average Bonchev–Trinajstić information content (AvgIpc) is 2.41. The van der Waals surface area contributed by atoms with Crippen molar-refractivity contribution >= 4 is 17.5 Å². The van der Waals surface area contributed by atoms with Gasteiger partial charge in [0.2, 0.25) is 0 Å². The van der Waals surface area contributed by atoms with E-state index >= 15 is 0 Å². The first-order valence-corrected chi connectivity index (χ1v) is 6.55. The van der Waals surface area contributed by atoms with Crippen LogP contribution in [-0.4, -0.2) is 40.8 Å². The van der Waals surface area contributed by atoms with E-state index in [0.717, 1.165) is 12.1 Å². The van der Waals surface area contributed by atoms with Gasteiger partial charge in [-0.05, 0) is 18.2 Å². The van der Waals surface area contributed by atoms with E-state index in [0.29, 0.717) is 0 Å². The molecule has 0 unspecified atom stereocenters. The molecule has 1 aliphatic heterocycles. The number of hydrogen-bond donors (Lipinski definition) is 1. The van der Waals surface area contributed by atoms with Crippen molar-refractivity contribution in [2.24, 2.45) is 0 Å². The number of nitrogens with zero attached hydrogens (tertiary/aromatic N) is 1. The van der Waals surface area contributed by atoms with Crippen molar-refractivity contribution in [2.75, 3.05) is 13.1 Å². The van der Waals surface area contributed by atoms with Crippen LogP contribution >= 0.6 is 11.6 Å². The second kappa shape index (κ2) is 5.46. The standard InChI is InChI=1S/C13H12ClF4NO2/c14-9-7-8(1-2-10(9)15)11(20)19-5-3-12(21,4-6-19)13(16,17)18/h1-2,7,21H,3-6H2.